The van der Waals surface area contributed by atoms with Gasteiger partial charge in [-0.2, -0.15) is 0 Å². The summed E-state index contributed by atoms with van der Waals surface area (Å²) in [6, 6.07) is 0.790. The molecule has 0 unspecified atom stereocenters. The summed E-state index contributed by atoms with van der Waals surface area (Å²) in [5, 5.41) is 17.7. The van der Waals surface area contributed by atoms with E-state index in [1.807, 2.05) is 0 Å². The average molecular weight is 219 g/mol. The summed E-state index contributed by atoms with van der Waals surface area (Å²) in [5.41, 5.74) is -1.64. The molecule has 15 heavy (non-hydrogen) atoms. The van der Waals surface area contributed by atoms with Gasteiger partial charge in [0.1, 0.15) is 11.4 Å². The molecule has 0 aromatic carbocycles. The number of rotatable bonds is 3. The van der Waals surface area contributed by atoms with Gasteiger partial charge in [0, 0.05) is 6.07 Å². The Hall–Kier alpha value is -1.92. The predicted molar refractivity (Wildman–Crippen MR) is 44.4 cm³/mol. The molecule has 0 atom stereocenters. The summed E-state index contributed by atoms with van der Waals surface area (Å²) in [5.74, 6) is -2.58. The van der Waals surface area contributed by atoms with E-state index in [0.29, 0.717) is 0 Å². The lowest BCUT2D eigenvalue weighted by Crippen LogP contribution is -2.06. The molecule has 1 aromatic rings. The van der Waals surface area contributed by atoms with Crippen molar-refractivity contribution >= 4 is 5.97 Å². The lowest BCUT2D eigenvalue weighted by molar-refractivity contribution is 0.0684. The average Bonchev–Trinajstić information content (AvgIpc) is 2.16. The number of hydrogen-bond donors (Lipinski definition) is 2. The quantitative estimate of drug-likeness (QED) is 0.803. The Balaban J connectivity index is 3.37. The van der Waals surface area contributed by atoms with Crippen LogP contribution in [0, 0.1) is 0 Å². The van der Waals surface area contributed by atoms with Gasteiger partial charge in [-0.3, -0.25) is 0 Å². The number of carboxylic acid groups (broad SMARTS) is 1. The van der Waals surface area contributed by atoms with Gasteiger partial charge >= 0.3 is 5.97 Å². The van der Waals surface area contributed by atoms with Crippen molar-refractivity contribution in [2.75, 3.05) is 7.11 Å². The van der Waals surface area contributed by atoms with Crippen LogP contribution in [0.4, 0.5) is 8.78 Å². The second kappa shape index (κ2) is 4.07. The zero-order chi connectivity index (χ0) is 11.6. The summed E-state index contributed by atoms with van der Waals surface area (Å²) >= 11 is 0. The minimum Gasteiger partial charge on any atom is -0.506 e. The lowest BCUT2D eigenvalue weighted by Gasteiger charge is -2.08. The van der Waals surface area contributed by atoms with Crippen LogP contribution in [-0.4, -0.2) is 28.3 Å². The summed E-state index contributed by atoms with van der Waals surface area (Å²) < 4.78 is 29.1. The first kappa shape index (κ1) is 11.2. The number of aromatic hydroxyl groups is 1. The summed E-state index contributed by atoms with van der Waals surface area (Å²) in [7, 11) is 1.14. The van der Waals surface area contributed by atoms with Crippen LogP contribution < -0.4 is 4.74 Å². The monoisotopic (exact) mass is 219 g/mol. The number of halogens is 2. The van der Waals surface area contributed by atoms with Gasteiger partial charge in [-0.15, -0.1) is 0 Å². The van der Waals surface area contributed by atoms with Crippen molar-refractivity contribution in [1.82, 2.24) is 4.98 Å². The molecule has 0 aliphatic rings. The molecule has 1 aromatic heterocycles. The first-order valence-corrected chi connectivity index (χ1v) is 3.76. The van der Waals surface area contributed by atoms with E-state index in [4.69, 9.17) is 10.2 Å². The van der Waals surface area contributed by atoms with E-state index >= 15 is 0 Å². The zero-order valence-corrected chi connectivity index (χ0v) is 7.57. The Morgan fingerprint density at radius 3 is 2.60 bits per heavy atom. The van der Waals surface area contributed by atoms with E-state index in [-0.39, 0.29) is 5.75 Å². The van der Waals surface area contributed by atoms with Crippen molar-refractivity contribution in [1.29, 1.82) is 0 Å². The highest BCUT2D eigenvalue weighted by Gasteiger charge is 2.22. The van der Waals surface area contributed by atoms with Gasteiger partial charge in [0.2, 0.25) is 0 Å². The van der Waals surface area contributed by atoms with Gasteiger partial charge in [-0.1, -0.05) is 0 Å². The molecule has 0 radical (unpaired) electrons. The predicted octanol–water partition coefficient (Wildman–Crippen LogP) is 1.43. The third-order valence-electron chi connectivity index (χ3n) is 1.63. The topological polar surface area (TPSA) is 79.7 Å². The molecular formula is C8H7F2NO4. The van der Waals surface area contributed by atoms with Crippen molar-refractivity contribution in [2.45, 2.75) is 6.43 Å². The van der Waals surface area contributed by atoms with E-state index in [9.17, 15) is 13.6 Å². The number of pyridine rings is 1. The number of hydrogen-bond acceptors (Lipinski definition) is 4. The number of alkyl halides is 2. The van der Waals surface area contributed by atoms with Crippen LogP contribution in [0.25, 0.3) is 0 Å². The molecule has 0 saturated carbocycles. The second-order valence-electron chi connectivity index (χ2n) is 2.55. The van der Waals surface area contributed by atoms with Gasteiger partial charge in [-0.05, 0) is 0 Å². The molecule has 0 aliphatic heterocycles. The van der Waals surface area contributed by atoms with Crippen molar-refractivity contribution in [3.8, 4) is 11.5 Å². The molecule has 0 fully saturated rings. The summed E-state index contributed by atoms with van der Waals surface area (Å²) in [6.45, 7) is 0. The largest absolute Gasteiger partial charge is 0.506 e. The fraction of sp³-hybridized carbons (Fsp3) is 0.250. The molecule has 82 valence electrons. The number of nitrogens with zero attached hydrogens (tertiary/aromatic N) is 1. The molecule has 0 amide bonds. The third-order valence-corrected chi connectivity index (χ3v) is 1.63. The highest BCUT2D eigenvalue weighted by Crippen LogP contribution is 2.31. The fourth-order valence-electron chi connectivity index (χ4n) is 0.969. The molecule has 7 heteroatoms. The van der Waals surface area contributed by atoms with Crippen LogP contribution in [0.3, 0.4) is 0 Å². The molecule has 1 heterocycles. The van der Waals surface area contributed by atoms with E-state index in [1.165, 1.54) is 0 Å². The first-order chi connectivity index (χ1) is 6.97. The number of ether oxygens (including phenoxy) is 1. The molecule has 1 rings (SSSR count). The molecule has 2 N–H and O–H groups in total. The molecule has 0 spiro atoms. The van der Waals surface area contributed by atoms with Crippen molar-refractivity contribution in [2.24, 2.45) is 0 Å². The number of carboxylic acids is 1. The normalized spacial score (nSPS) is 10.4. The van der Waals surface area contributed by atoms with Gasteiger partial charge in [0.15, 0.2) is 11.4 Å². The Morgan fingerprint density at radius 2 is 2.20 bits per heavy atom. The Kier molecular flexibility index (Phi) is 3.03. The molecule has 0 bridgehead atoms. The maximum Gasteiger partial charge on any atom is 0.358 e. The number of methoxy groups -OCH3 is 1. The summed E-state index contributed by atoms with van der Waals surface area (Å²) in [4.78, 5) is 13.7. The highest BCUT2D eigenvalue weighted by atomic mass is 19.3. The van der Waals surface area contributed by atoms with E-state index in [2.05, 4.69) is 9.72 Å². The lowest BCUT2D eigenvalue weighted by atomic mass is 10.2. The van der Waals surface area contributed by atoms with Crippen LogP contribution in [0.2, 0.25) is 0 Å². The highest BCUT2D eigenvalue weighted by molar-refractivity contribution is 5.88. The molecule has 5 nitrogen and oxygen atoms in total. The zero-order valence-electron chi connectivity index (χ0n) is 7.57. The minimum absolute atomic E-state index is 0.274. The Labute approximate surface area is 82.9 Å². The van der Waals surface area contributed by atoms with E-state index < -0.39 is 29.5 Å². The molecule has 0 saturated heterocycles. The van der Waals surface area contributed by atoms with Crippen LogP contribution in [0.5, 0.6) is 11.5 Å². The van der Waals surface area contributed by atoms with Gasteiger partial charge in [0.25, 0.3) is 6.43 Å². The van der Waals surface area contributed by atoms with Crippen LogP contribution in [-0.2, 0) is 0 Å². The fourth-order valence-corrected chi connectivity index (χ4v) is 0.969. The van der Waals surface area contributed by atoms with E-state index in [1.54, 1.807) is 0 Å². The molecule has 0 aliphatic carbocycles. The van der Waals surface area contributed by atoms with Gasteiger partial charge in [0.05, 0.1) is 7.11 Å². The van der Waals surface area contributed by atoms with Crippen LogP contribution in [0.1, 0.15) is 22.6 Å². The Bertz CT molecular complexity index is 394. The first-order valence-electron chi connectivity index (χ1n) is 3.76. The maximum absolute atomic E-state index is 12.3. The van der Waals surface area contributed by atoms with Gasteiger partial charge < -0.3 is 14.9 Å². The smallest absolute Gasteiger partial charge is 0.358 e. The number of aromatic carboxylic acids is 1. The van der Waals surface area contributed by atoms with Crippen molar-refractivity contribution in [3.63, 3.8) is 0 Å². The summed E-state index contributed by atoms with van der Waals surface area (Å²) in [6.07, 6.45) is -3.05. The van der Waals surface area contributed by atoms with Crippen molar-refractivity contribution < 1.29 is 28.5 Å². The second-order valence-corrected chi connectivity index (χ2v) is 2.55. The number of carbonyl (C=O) groups is 1. The third kappa shape index (κ3) is 2.12. The SMILES string of the molecule is COc1cc(O)c(C(F)F)nc1C(=O)O. The van der Waals surface area contributed by atoms with Crippen LogP contribution in [0.15, 0.2) is 6.07 Å². The minimum atomic E-state index is -3.05. The van der Waals surface area contributed by atoms with E-state index in [0.717, 1.165) is 13.2 Å². The van der Waals surface area contributed by atoms with Gasteiger partial charge in [-0.25, -0.2) is 18.6 Å². The van der Waals surface area contributed by atoms with Crippen molar-refractivity contribution in [3.05, 3.63) is 17.5 Å². The Morgan fingerprint density at radius 1 is 1.60 bits per heavy atom. The maximum atomic E-state index is 12.3. The standard InChI is InChI=1S/C8H7F2NO4/c1-15-4-2-3(12)5(7(9)10)11-6(4)8(13)14/h2,7,12H,1H3,(H,13,14). The number of aromatic nitrogens is 1. The molecular weight excluding hydrogens is 212 g/mol. The van der Waals surface area contributed by atoms with Crippen LogP contribution >= 0.6 is 0 Å².